The molecule has 632 valence electrons. The second-order valence-electron chi connectivity index (χ2n) is 29.3. The van der Waals surface area contributed by atoms with E-state index in [4.69, 9.17) is 0 Å². The summed E-state index contributed by atoms with van der Waals surface area (Å²) in [6, 6.07) is 98.1. The minimum absolute atomic E-state index is 0.0154. The van der Waals surface area contributed by atoms with E-state index in [1.807, 2.05) is 71.0 Å². The van der Waals surface area contributed by atoms with Crippen LogP contribution in [0.4, 0.5) is 0 Å². The number of benzene rings is 17. The fraction of sp³-hybridized carbons (Fsp3) is 0.0962. The molecular weight excluding hydrogens is 1570 g/mol. The van der Waals surface area contributed by atoms with E-state index in [2.05, 4.69) is 121 Å². The normalized spacial score (nSPS) is 10.7. The highest BCUT2D eigenvalue weighted by atomic mass is 16.3. The van der Waals surface area contributed by atoms with E-state index < -0.39 is 0 Å². The van der Waals surface area contributed by atoms with Crippen LogP contribution in [0.25, 0.3) is 43.1 Å². The number of fused-ring (bicyclic) bond motifs is 4. The van der Waals surface area contributed by atoms with Crippen molar-refractivity contribution in [2.75, 3.05) is 0 Å². The van der Waals surface area contributed by atoms with Gasteiger partial charge in [0.2, 0.25) is 0 Å². The summed E-state index contributed by atoms with van der Waals surface area (Å²) >= 11 is 0. The molecule has 0 fully saturated rings. The van der Waals surface area contributed by atoms with Crippen molar-refractivity contribution in [3.05, 3.63) is 395 Å². The lowest BCUT2D eigenvalue weighted by Crippen LogP contribution is -1.97. The molecule has 0 unspecified atom stereocenters. The van der Waals surface area contributed by atoms with E-state index in [1.165, 1.54) is 164 Å². The Morgan fingerprint density at radius 2 is 0.218 bits per heavy atom. The number of phenolic OH excluding ortho intramolecular Hbond substituents is 20. The lowest BCUT2D eigenvalue weighted by Gasteiger charge is -2.15. The van der Waals surface area contributed by atoms with E-state index in [0.29, 0.717) is 55.6 Å². The summed E-state index contributed by atoms with van der Waals surface area (Å²) in [4.78, 5) is 0. The van der Waals surface area contributed by atoms with Gasteiger partial charge in [0.25, 0.3) is 0 Å². The van der Waals surface area contributed by atoms with Crippen molar-refractivity contribution in [2.24, 2.45) is 0 Å². The highest BCUT2D eigenvalue weighted by molar-refractivity contribution is 5.99. The van der Waals surface area contributed by atoms with Crippen LogP contribution in [0.2, 0.25) is 0 Å². The monoisotopic (exact) mass is 1660 g/mol. The van der Waals surface area contributed by atoms with Crippen molar-refractivity contribution in [3.63, 3.8) is 0 Å². The average Bonchev–Trinajstić information content (AvgIpc) is 0.948. The van der Waals surface area contributed by atoms with Gasteiger partial charge in [-0.2, -0.15) is 0 Å². The molecule has 0 bridgehead atoms. The minimum atomic E-state index is -0.258. The first-order chi connectivity index (χ1) is 59.3. The van der Waals surface area contributed by atoms with E-state index in [-0.39, 0.29) is 145 Å². The molecule has 17 aromatic rings. The Hall–Kier alpha value is -16.2. The molecule has 20 nitrogen and oxygen atoms in total. The maximum Gasteiger partial charge on any atom is 0.123 e. The smallest absolute Gasteiger partial charge is 0.123 e. The number of phenols is 20. The topological polar surface area (TPSA) is 405 Å². The van der Waals surface area contributed by atoms with Crippen LogP contribution in [-0.2, 0) is 0 Å². The Balaban J connectivity index is 0.000000150. The molecule has 0 aromatic heterocycles. The molecule has 0 radical (unpaired) electrons. The molecule has 20 heteroatoms. The summed E-state index contributed by atoms with van der Waals surface area (Å²) in [5.74, 6) is -1.77. The van der Waals surface area contributed by atoms with Gasteiger partial charge in [-0.05, 0) is 128 Å². The van der Waals surface area contributed by atoms with Crippen LogP contribution in [0.5, 0.6) is 115 Å². The second kappa shape index (κ2) is 41.9. The number of aromatic hydroxyl groups is 20. The maximum absolute atomic E-state index is 9.78. The van der Waals surface area contributed by atoms with E-state index >= 15 is 0 Å². The van der Waals surface area contributed by atoms with Gasteiger partial charge in [-0.25, -0.2) is 0 Å². The molecule has 17 aromatic carbocycles. The van der Waals surface area contributed by atoms with Crippen molar-refractivity contribution in [2.45, 2.75) is 64.2 Å². The minimum Gasteiger partial charge on any atom is -0.508 e. The summed E-state index contributed by atoms with van der Waals surface area (Å²) in [6.45, 7) is 9.09. The van der Waals surface area contributed by atoms with Crippen molar-refractivity contribution < 1.29 is 102 Å². The first kappa shape index (κ1) is 90.1. The Labute approximate surface area is 715 Å². The van der Waals surface area contributed by atoms with Gasteiger partial charge in [0.15, 0.2) is 0 Å². The molecule has 0 spiro atoms. The average molecular weight is 1670 g/mol. The standard InChI is InChI=1S/5C14H14O4.2C14H10.C6H6/c5*1-8(11-4-2-9(15)6-13(11)17)12-5-3-10(16)7-14(12)18;2*1-2-6-12-10-14-8-4-3-7-13(14)9-11(12)5-1;1-2-4-6-5-3-1/h5*2-8,15-18H,1H3;2*1-10H;1-6H. The molecule has 0 aliphatic rings. The van der Waals surface area contributed by atoms with Crippen molar-refractivity contribution in [1.82, 2.24) is 0 Å². The molecule has 0 atom stereocenters. The zero-order valence-corrected chi connectivity index (χ0v) is 68.2. The van der Waals surface area contributed by atoms with Crippen LogP contribution in [0, 0.1) is 0 Å². The largest absolute Gasteiger partial charge is 0.508 e. The molecule has 17 rings (SSSR count). The van der Waals surface area contributed by atoms with Crippen molar-refractivity contribution in [1.29, 1.82) is 0 Å². The summed E-state index contributed by atoms with van der Waals surface area (Å²) in [6.07, 6.45) is 0. The fourth-order valence-corrected chi connectivity index (χ4v) is 14.0. The first-order valence-electron chi connectivity index (χ1n) is 39.2. The third-order valence-electron chi connectivity index (χ3n) is 20.7. The van der Waals surface area contributed by atoms with Crippen LogP contribution in [0.3, 0.4) is 0 Å². The van der Waals surface area contributed by atoms with E-state index in [0.717, 1.165) is 0 Å². The number of hydrogen-bond donors (Lipinski definition) is 20. The van der Waals surface area contributed by atoms with Crippen LogP contribution < -0.4 is 0 Å². The summed E-state index contributed by atoms with van der Waals surface area (Å²) in [7, 11) is 0. The van der Waals surface area contributed by atoms with Gasteiger partial charge in [0.1, 0.15) is 115 Å². The summed E-state index contributed by atoms with van der Waals surface area (Å²) < 4.78 is 0. The quantitative estimate of drug-likeness (QED) is 0.0565. The third kappa shape index (κ3) is 24.0. The van der Waals surface area contributed by atoms with Gasteiger partial charge >= 0.3 is 0 Å². The predicted octanol–water partition coefficient (Wildman–Crippen LogP) is 23.0. The summed E-state index contributed by atoms with van der Waals surface area (Å²) in [5, 5.41) is 201. The van der Waals surface area contributed by atoms with Gasteiger partial charge < -0.3 is 102 Å². The Bertz CT molecular complexity index is 5260. The molecule has 0 amide bonds. The number of hydrogen-bond acceptors (Lipinski definition) is 20. The maximum atomic E-state index is 9.78. The van der Waals surface area contributed by atoms with Crippen LogP contribution in [-0.4, -0.2) is 102 Å². The van der Waals surface area contributed by atoms with Crippen LogP contribution in [0.1, 0.15) is 120 Å². The van der Waals surface area contributed by atoms with Gasteiger partial charge in [-0.15, -0.1) is 0 Å². The summed E-state index contributed by atoms with van der Waals surface area (Å²) in [5.41, 5.74) is 5.91. The molecule has 20 N–H and O–H groups in total. The van der Waals surface area contributed by atoms with Crippen LogP contribution in [0.15, 0.2) is 340 Å². The molecule has 0 aliphatic carbocycles. The lowest BCUT2D eigenvalue weighted by molar-refractivity contribution is 0.436. The lowest BCUT2D eigenvalue weighted by atomic mass is 9.91. The molecule has 0 saturated heterocycles. The first-order valence-corrected chi connectivity index (χ1v) is 39.2. The molecule has 0 aliphatic heterocycles. The highest BCUT2D eigenvalue weighted by Gasteiger charge is 2.22. The fourth-order valence-electron chi connectivity index (χ4n) is 14.0. The van der Waals surface area contributed by atoms with E-state index in [9.17, 15) is 102 Å². The van der Waals surface area contributed by atoms with Gasteiger partial charge in [-0.3, -0.25) is 0 Å². The third-order valence-corrected chi connectivity index (χ3v) is 20.7. The number of rotatable bonds is 10. The molecule has 0 saturated carbocycles. The predicted molar refractivity (Wildman–Crippen MR) is 485 cm³/mol. The van der Waals surface area contributed by atoms with Crippen molar-refractivity contribution in [3.8, 4) is 115 Å². The highest BCUT2D eigenvalue weighted by Crippen LogP contribution is 2.44. The second-order valence-corrected chi connectivity index (χ2v) is 29.3. The van der Waals surface area contributed by atoms with Gasteiger partial charge in [0.05, 0.1) is 0 Å². The van der Waals surface area contributed by atoms with Crippen molar-refractivity contribution >= 4 is 43.1 Å². The van der Waals surface area contributed by atoms with E-state index in [1.54, 1.807) is 60.7 Å². The zero-order chi connectivity index (χ0) is 89.4. The molecule has 0 heterocycles. The van der Waals surface area contributed by atoms with Gasteiger partial charge in [0, 0.05) is 146 Å². The Kier molecular flexibility index (Phi) is 30.5. The SMILES string of the molecule is CC(c1ccc(O)cc1O)c1ccc(O)cc1O.CC(c1ccc(O)cc1O)c1ccc(O)cc1O.CC(c1ccc(O)cc1O)c1ccc(O)cc1O.CC(c1ccc(O)cc1O)c1ccc(O)cc1O.CC(c1ccc(O)cc1O)c1ccc(O)cc1O.c1ccc2cc3ccccc3cc2c1.c1ccc2cc3ccccc3cc2c1.c1ccccc1. The Morgan fingerprint density at radius 1 is 0.121 bits per heavy atom. The Morgan fingerprint density at radius 3 is 0.306 bits per heavy atom. The molecular formula is C104H96O20. The zero-order valence-electron chi connectivity index (χ0n) is 68.2. The van der Waals surface area contributed by atoms with Crippen LogP contribution >= 0.6 is 0 Å². The van der Waals surface area contributed by atoms with Gasteiger partial charge in [-0.1, -0.05) is 229 Å². The molecule has 124 heavy (non-hydrogen) atoms.